The zero-order valence-electron chi connectivity index (χ0n) is 11.1. The average Bonchev–Trinajstić information content (AvgIpc) is 2.46. The smallest absolute Gasteiger partial charge is 0.212 e. The second-order valence-corrected chi connectivity index (χ2v) is 4.40. The van der Waals surface area contributed by atoms with Gasteiger partial charge in [-0.2, -0.15) is 0 Å². The minimum atomic E-state index is 0.211. The third-order valence-electron chi connectivity index (χ3n) is 3.01. The number of methoxy groups -OCH3 is 1. The number of phenols is 1. The summed E-state index contributed by atoms with van der Waals surface area (Å²) in [5.74, 6) is 0.908. The molecule has 0 fully saturated rings. The normalized spacial score (nSPS) is 12.1. The Morgan fingerprint density at radius 1 is 1.21 bits per heavy atom. The molecule has 0 saturated carbocycles. The molecule has 100 valence electrons. The molecule has 2 N–H and O–H groups in total. The van der Waals surface area contributed by atoms with E-state index in [1.807, 2.05) is 24.3 Å². The molecule has 19 heavy (non-hydrogen) atoms. The molecule has 0 amide bonds. The lowest BCUT2D eigenvalue weighted by atomic mass is 10.1. The van der Waals surface area contributed by atoms with Crippen molar-refractivity contribution in [1.82, 2.24) is 10.3 Å². The van der Waals surface area contributed by atoms with Gasteiger partial charge in [0.15, 0.2) is 0 Å². The fourth-order valence-electron chi connectivity index (χ4n) is 1.79. The molecule has 0 saturated heterocycles. The van der Waals surface area contributed by atoms with Gasteiger partial charge in [-0.3, -0.25) is 0 Å². The number of hydrogen-bond donors (Lipinski definition) is 2. The van der Waals surface area contributed by atoms with Crippen molar-refractivity contribution < 1.29 is 9.84 Å². The van der Waals surface area contributed by atoms with Gasteiger partial charge in [0.1, 0.15) is 5.75 Å². The van der Waals surface area contributed by atoms with E-state index in [0.29, 0.717) is 5.88 Å². The van der Waals surface area contributed by atoms with Gasteiger partial charge in [-0.1, -0.05) is 18.2 Å². The van der Waals surface area contributed by atoms with Gasteiger partial charge in [-0.15, -0.1) is 0 Å². The molecule has 2 aromatic rings. The van der Waals surface area contributed by atoms with Gasteiger partial charge in [0, 0.05) is 24.8 Å². The van der Waals surface area contributed by atoms with E-state index in [1.54, 1.807) is 25.4 Å². The Bertz CT molecular complexity index is 509. The van der Waals surface area contributed by atoms with E-state index in [1.165, 1.54) is 0 Å². The summed E-state index contributed by atoms with van der Waals surface area (Å²) in [4.78, 5) is 4.16. The molecule has 0 spiro atoms. The highest BCUT2D eigenvalue weighted by Crippen LogP contribution is 2.17. The number of benzene rings is 1. The van der Waals surface area contributed by atoms with Crippen LogP contribution >= 0.6 is 0 Å². The van der Waals surface area contributed by atoms with E-state index in [0.717, 1.165) is 17.7 Å². The Morgan fingerprint density at radius 2 is 1.95 bits per heavy atom. The molecule has 0 aliphatic carbocycles. The first-order valence-corrected chi connectivity index (χ1v) is 6.20. The first-order chi connectivity index (χ1) is 9.19. The summed E-state index contributed by atoms with van der Waals surface area (Å²) >= 11 is 0. The zero-order chi connectivity index (χ0) is 13.7. The summed E-state index contributed by atoms with van der Waals surface area (Å²) < 4.78 is 5.02. The lowest BCUT2D eigenvalue weighted by molar-refractivity contribution is 0.397. The van der Waals surface area contributed by atoms with Crippen LogP contribution in [0.15, 0.2) is 42.6 Å². The highest BCUT2D eigenvalue weighted by atomic mass is 16.5. The number of aromatic nitrogens is 1. The third-order valence-corrected chi connectivity index (χ3v) is 3.01. The van der Waals surface area contributed by atoms with Gasteiger partial charge >= 0.3 is 0 Å². The van der Waals surface area contributed by atoms with Crippen LogP contribution in [0, 0.1) is 0 Å². The van der Waals surface area contributed by atoms with E-state index in [-0.39, 0.29) is 11.8 Å². The van der Waals surface area contributed by atoms with Crippen LogP contribution < -0.4 is 10.1 Å². The highest BCUT2D eigenvalue weighted by Gasteiger charge is 2.05. The first-order valence-electron chi connectivity index (χ1n) is 6.20. The van der Waals surface area contributed by atoms with Gasteiger partial charge in [0.05, 0.1) is 7.11 Å². The van der Waals surface area contributed by atoms with Crippen molar-refractivity contribution in [1.29, 1.82) is 0 Å². The van der Waals surface area contributed by atoms with Gasteiger partial charge < -0.3 is 15.2 Å². The van der Waals surface area contributed by atoms with Crippen LogP contribution in [-0.2, 0) is 6.54 Å². The molecule has 1 aromatic carbocycles. The molecule has 1 atom stereocenters. The highest BCUT2D eigenvalue weighted by molar-refractivity contribution is 5.27. The van der Waals surface area contributed by atoms with Crippen LogP contribution in [0.4, 0.5) is 0 Å². The molecule has 4 nitrogen and oxygen atoms in total. The molecular weight excluding hydrogens is 240 g/mol. The summed E-state index contributed by atoms with van der Waals surface area (Å²) in [5.41, 5.74) is 2.24. The van der Waals surface area contributed by atoms with Crippen molar-refractivity contribution in [2.24, 2.45) is 0 Å². The third kappa shape index (κ3) is 3.69. The van der Waals surface area contributed by atoms with Gasteiger partial charge in [-0.05, 0) is 30.2 Å². The zero-order valence-corrected chi connectivity index (χ0v) is 11.1. The fourth-order valence-corrected chi connectivity index (χ4v) is 1.79. The predicted molar refractivity (Wildman–Crippen MR) is 74.2 cm³/mol. The summed E-state index contributed by atoms with van der Waals surface area (Å²) in [6, 6.07) is 11.3. The van der Waals surface area contributed by atoms with Crippen LogP contribution in [0.2, 0.25) is 0 Å². The Balaban J connectivity index is 1.92. The molecule has 0 aliphatic heterocycles. The van der Waals surface area contributed by atoms with Gasteiger partial charge in [-0.25, -0.2) is 4.98 Å². The Morgan fingerprint density at radius 3 is 2.53 bits per heavy atom. The number of ether oxygens (including phenoxy) is 1. The largest absolute Gasteiger partial charge is 0.508 e. The van der Waals surface area contributed by atoms with Crippen molar-refractivity contribution in [3.05, 3.63) is 53.7 Å². The Labute approximate surface area is 113 Å². The second kappa shape index (κ2) is 6.20. The van der Waals surface area contributed by atoms with E-state index >= 15 is 0 Å². The number of rotatable bonds is 5. The summed E-state index contributed by atoms with van der Waals surface area (Å²) in [6.45, 7) is 2.82. The van der Waals surface area contributed by atoms with E-state index < -0.39 is 0 Å². The molecule has 1 unspecified atom stereocenters. The van der Waals surface area contributed by atoms with Crippen molar-refractivity contribution in [3.63, 3.8) is 0 Å². The minimum absolute atomic E-state index is 0.211. The molecule has 0 aliphatic rings. The van der Waals surface area contributed by atoms with Crippen LogP contribution in [0.1, 0.15) is 24.1 Å². The molecule has 0 bridgehead atoms. The first kappa shape index (κ1) is 13.4. The number of nitrogens with zero attached hydrogens (tertiary/aromatic N) is 1. The molecule has 1 heterocycles. The van der Waals surface area contributed by atoms with Crippen LogP contribution in [0.25, 0.3) is 0 Å². The summed E-state index contributed by atoms with van der Waals surface area (Å²) in [5, 5.41) is 12.7. The number of aromatic hydroxyl groups is 1. The number of nitrogens with one attached hydrogen (secondary N) is 1. The van der Waals surface area contributed by atoms with Crippen LogP contribution in [0.5, 0.6) is 11.6 Å². The maximum atomic E-state index is 9.26. The van der Waals surface area contributed by atoms with Crippen molar-refractivity contribution in [3.8, 4) is 11.6 Å². The number of pyridine rings is 1. The lowest BCUT2D eigenvalue weighted by Gasteiger charge is -2.14. The lowest BCUT2D eigenvalue weighted by Crippen LogP contribution is -2.18. The average molecular weight is 258 g/mol. The molecule has 1 aromatic heterocycles. The monoisotopic (exact) mass is 258 g/mol. The van der Waals surface area contributed by atoms with Crippen LogP contribution in [-0.4, -0.2) is 17.2 Å². The number of hydrogen-bond acceptors (Lipinski definition) is 4. The molecule has 0 radical (unpaired) electrons. The quantitative estimate of drug-likeness (QED) is 0.865. The van der Waals surface area contributed by atoms with Gasteiger partial charge in [0.25, 0.3) is 0 Å². The van der Waals surface area contributed by atoms with Crippen molar-refractivity contribution >= 4 is 0 Å². The van der Waals surface area contributed by atoms with E-state index in [4.69, 9.17) is 4.74 Å². The second-order valence-electron chi connectivity index (χ2n) is 4.40. The SMILES string of the molecule is COc1ccc(CNC(C)c2ccc(O)cc2)cn1. The van der Waals surface area contributed by atoms with E-state index in [2.05, 4.69) is 17.2 Å². The Kier molecular flexibility index (Phi) is 4.36. The maximum Gasteiger partial charge on any atom is 0.212 e. The molecular formula is C15H18N2O2. The van der Waals surface area contributed by atoms with Crippen LogP contribution in [0.3, 0.4) is 0 Å². The topological polar surface area (TPSA) is 54.4 Å². The van der Waals surface area contributed by atoms with E-state index in [9.17, 15) is 5.11 Å². The number of phenolic OH excluding ortho intramolecular Hbond substituents is 1. The molecule has 2 rings (SSSR count). The fraction of sp³-hybridized carbons (Fsp3) is 0.267. The summed E-state index contributed by atoms with van der Waals surface area (Å²) in [6.07, 6.45) is 1.80. The predicted octanol–water partition coefficient (Wildman–Crippen LogP) is 2.65. The minimum Gasteiger partial charge on any atom is -0.508 e. The Hall–Kier alpha value is -2.07. The van der Waals surface area contributed by atoms with Crippen molar-refractivity contribution in [2.45, 2.75) is 19.5 Å². The maximum absolute atomic E-state index is 9.26. The standard InChI is InChI=1S/C15H18N2O2/c1-11(13-4-6-14(18)7-5-13)16-9-12-3-8-15(19-2)17-10-12/h3-8,10-11,16,18H,9H2,1-2H3. The van der Waals surface area contributed by atoms with Crippen molar-refractivity contribution in [2.75, 3.05) is 7.11 Å². The summed E-state index contributed by atoms with van der Waals surface area (Å²) in [7, 11) is 1.60. The van der Waals surface area contributed by atoms with Gasteiger partial charge in [0.2, 0.25) is 5.88 Å². The molecule has 4 heteroatoms.